The van der Waals surface area contributed by atoms with Gasteiger partial charge in [-0.05, 0) is 11.1 Å². The smallest absolute Gasteiger partial charge is 0.327 e. The first-order valence-corrected chi connectivity index (χ1v) is 9.59. The Hall–Kier alpha value is -2.71. The van der Waals surface area contributed by atoms with Crippen LogP contribution >= 0.6 is 0 Å². The first-order chi connectivity index (χ1) is 12.9. The molecule has 2 aromatic carbocycles. The second kappa shape index (κ2) is 9.84. The molecule has 0 amide bonds. The zero-order chi connectivity index (χ0) is 19.7. The van der Waals surface area contributed by atoms with E-state index in [4.69, 9.17) is 9.47 Å². The molecule has 1 unspecified atom stereocenters. The fourth-order valence-electron chi connectivity index (χ4n) is 2.19. The van der Waals surface area contributed by atoms with Crippen LogP contribution < -0.4 is 0 Å². The van der Waals surface area contributed by atoms with E-state index in [1.54, 1.807) is 54.6 Å². The first kappa shape index (κ1) is 20.6. The Balaban J connectivity index is 1.98. The maximum Gasteiger partial charge on any atom is 0.327 e. The summed E-state index contributed by atoms with van der Waals surface area (Å²) in [6.45, 7) is -0.146. The second-order valence-electron chi connectivity index (χ2n) is 5.59. The number of hydrogen-bond donors (Lipinski definition) is 0. The maximum absolute atomic E-state index is 12.2. The van der Waals surface area contributed by atoms with Gasteiger partial charge in [-0.2, -0.15) is 8.42 Å². The van der Waals surface area contributed by atoms with Crippen LogP contribution in [0.15, 0.2) is 60.7 Å². The molecular formula is C19H20O7S. The molecule has 0 fully saturated rings. The Kier molecular flexibility index (Phi) is 7.51. The normalized spacial score (nSPS) is 12.2. The Labute approximate surface area is 158 Å². The number of benzene rings is 2. The summed E-state index contributed by atoms with van der Waals surface area (Å²) < 4.78 is 38.5. The van der Waals surface area contributed by atoms with E-state index in [0.29, 0.717) is 5.56 Å². The van der Waals surface area contributed by atoms with Crippen molar-refractivity contribution in [2.24, 2.45) is 0 Å². The predicted molar refractivity (Wildman–Crippen MR) is 96.8 cm³/mol. The lowest BCUT2D eigenvalue weighted by Crippen LogP contribution is -2.35. The molecule has 8 heteroatoms. The van der Waals surface area contributed by atoms with Gasteiger partial charge in [-0.3, -0.25) is 13.8 Å². The minimum absolute atomic E-state index is 0.0293. The highest BCUT2D eigenvalue weighted by molar-refractivity contribution is 7.88. The van der Waals surface area contributed by atoms with Crippen LogP contribution in [0.1, 0.15) is 17.5 Å². The molecule has 2 aromatic rings. The lowest BCUT2D eigenvalue weighted by Gasteiger charge is -2.15. The van der Waals surface area contributed by atoms with Crippen LogP contribution in [-0.2, 0) is 46.6 Å². The van der Waals surface area contributed by atoms with Gasteiger partial charge < -0.3 is 9.47 Å². The molecule has 2 rings (SSSR count). The van der Waals surface area contributed by atoms with Crippen LogP contribution in [0.4, 0.5) is 0 Å². The molecule has 0 bridgehead atoms. The van der Waals surface area contributed by atoms with E-state index in [1.807, 2.05) is 6.07 Å². The van der Waals surface area contributed by atoms with Crippen molar-refractivity contribution in [3.05, 3.63) is 71.8 Å². The molecule has 7 nitrogen and oxygen atoms in total. The van der Waals surface area contributed by atoms with Crippen molar-refractivity contribution >= 4 is 22.1 Å². The van der Waals surface area contributed by atoms with Crippen molar-refractivity contribution in [3.8, 4) is 0 Å². The summed E-state index contributed by atoms with van der Waals surface area (Å²) >= 11 is 0. The van der Waals surface area contributed by atoms with Gasteiger partial charge in [0.2, 0.25) is 0 Å². The SMILES string of the molecule is COS(=O)(=O)C(CC(=O)OCc1ccccc1)C(=O)OCc1ccccc1. The molecule has 0 heterocycles. The Morgan fingerprint density at radius 3 is 1.81 bits per heavy atom. The van der Waals surface area contributed by atoms with Crippen LogP contribution in [0.25, 0.3) is 0 Å². The van der Waals surface area contributed by atoms with Gasteiger partial charge in [0.15, 0.2) is 5.25 Å². The monoisotopic (exact) mass is 392 g/mol. The average Bonchev–Trinajstić information content (AvgIpc) is 2.70. The summed E-state index contributed by atoms with van der Waals surface area (Å²) in [6, 6.07) is 17.6. The predicted octanol–water partition coefficient (Wildman–Crippen LogP) is 2.21. The highest BCUT2D eigenvalue weighted by atomic mass is 32.2. The van der Waals surface area contributed by atoms with Crippen LogP contribution in [0.5, 0.6) is 0 Å². The number of ether oxygens (including phenoxy) is 2. The summed E-state index contributed by atoms with van der Waals surface area (Å²) in [5.74, 6) is -1.92. The van der Waals surface area contributed by atoms with Gasteiger partial charge in [0, 0.05) is 0 Å². The Bertz CT molecular complexity index is 848. The summed E-state index contributed by atoms with van der Waals surface area (Å²) in [4.78, 5) is 24.3. The quantitative estimate of drug-likeness (QED) is 0.477. The highest BCUT2D eigenvalue weighted by Crippen LogP contribution is 2.14. The average molecular weight is 392 g/mol. The van der Waals surface area contributed by atoms with Crippen molar-refractivity contribution in [2.75, 3.05) is 7.11 Å². The fourth-order valence-corrected chi connectivity index (χ4v) is 3.07. The molecule has 0 aliphatic carbocycles. The molecule has 0 aliphatic heterocycles. The topological polar surface area (TPSA) is 96.0 Å². The number of esters is 2. The third-order valence-corrected chi connectivity index (χ3v) is 5.18. The lowest BCUT2D eigenvalue weighted by molar-refractivity contribution is -0.151. The van der Waals surface area contributed by atoms with Gasteiger partial charge in [0.25, 0.3) is 10.1 Å². The third kappa shape index (κ3) is 6.50. The number of carbonyl (C=O) groups is 2. The van der Waals surface area contributed by atoms with Crippen molar-refractivity contribution in [3.63, 3.8) is 0 Å². The zero-order valence-corrected chi connectivity index (χ0v) is 15.6. The molecular weight excluding hydrogens is 372 g/mol. The van der Waals surface area contributed by atoms with Gasteiger partial charge in [0.05, 0.1) is 13.5 Å². The molecule has 1 atom stereocenters. The lowest BCUT2D eigenvalue weighted by atomic mass is 10.2. The van der Waals surface area contributed by atoms with E-state index in [0.717, 1.165) is 12.7 Å². The van der Waals surface area contributed by atoms with Crippen molar-refractivity contribution in [1.29, 1.82) is 0 Å². The summed E-state index contributed by atoms with van der Waals surface area (Å²) in [5, 5.41) is -1.80. The summed E-state index contributed by atoms with van der Waals surface area (Å²) in [5.41, 5.74) is 1.43. The van der Waals surface area contributed by atoms with Gasteiger partial charge in [-0.1, -0.05) is 60.7 Å². The number of hydrogen-bond acceptors (Lipinski definition) is 7. The van der Waals surface area contributed by atoms with Crippen LogP contribution in [0.3, 0.4) is 0 Å². The second-order valence-corrected chi connectivity index (χ2v) is 7.48. The summed E-state index contributed by atoms with van der Waals surface area (Å²) in [7, 11) is -3.40. The van der Waals surface area contributed by atoms with Crippen molar-refractivity contribution in [2.45, 2.75) is 24.9 Å². The molecule has 0 radical (unpaired) electrons. The minimum atomic E-state index is -4.32. The molecule has 0 aliphatic rings. The maximum atomic E-state index is 12.2. The summed E-state index contributed by atoms with van der Waals surface area (Å²) in [6.07, 6.45) is -0.698. The zero-order valence-electron chi connectivity index (χ0n) is 14.7. The molecule has 0 saturated carbocycles. The van der Waals surface area contributed by atoms with E-state index in [1.165, 1.54) is 0 Å². The Morgan fingerprint density at radius 2 is 1.33 bits per heavy atom. The van der Waals surface area contributed by atoms with Gasteiger partial charge >= 0.3 is 11.9 Å². The van der Waals surface area contributed by atoms with E-state index in [9.17, 15) is 18.0 Å². The fraction of sp³-hybridized carbons (Fsp3) is 0.263. The molecule has 0 aromatic heterocycles. The molecule has 27 heavy (non-hydrogen) atoms. The first-order valence-electron chi connectivity index (χ1n) is 8.12. The minimum Gasteiger partial charge on any atom is -0.461 e. The van der Waals surface area contributed by atoms with E-state index in [-0.39, 0.29) is 13.2 Å². The third-order valence-electron chi connectivity index (χ3n) is 3.66. The number of rotatable bonds is 9. The van der Waals surface area contributed by atoms with Crippen LogP contribution in [0.2, 0.25) is 0 Å². The van der Waals surface area contributed by atoms with E-state index >= 15 is 0 Å². The van der Waals surface area contributed by atoms with E-state index < -0.39 is 33.7 Å². The van der Waals surface area contributed by atoms with E-state index in [2.05, 4.69) is 4.18 Å². The molecule has 144 valence electrons. The van der Waals surface area contributed by atoms with Gasteiger partial charge in [0.1, 0.15) is 13.2 Å². The highest BCUT2D eigenvalue weighted by Gasteiger charge is 2.37. The number of carbonyl (C=O) groups excluding carboxylic acids is 2. The Morgan fingerprint density at radius 1 is 0.852 bits per heavy atom. The van der Waals surface area contributed by atoms with Gasteiger partial charge in [-0.15, -0.1) is 0 Å². The molecule has 0 spiro atoms. The van der Waals surface area contributed by atoms with Gasteiger partial charge in [-0.25, -0.2) is 0 Å². The van der Waals surface area contributed by atoms with Crippen LogP contribution in [-0.4, -0.2) is 32.7 Å². The van der Waals surface area contributed by atoms with Crippen molar-refractivity contribution < 1.29 is 31.7 Å². The van der Waals surface area contributed by atoms with Crippen LogP contribution in [0, 0.1) is 0 Å². The molecule has 0 saturated heterocycles. The standard InChI is InChI=1S/C19H20O7S/c1-24-27(22,23)17(19(21)26-14-16-10-6-3-7-11-16)12-18(20)25-13-15-8-4-2-5-9-15/h2-11,17H,12-14H2,1H3. The molecule has 0 N–H and O–H groups in total. The largest absolute Gasteiger partial charge is 0.461 e. The van der Waals surface area contributed by atoms with Crippen molar-refractivity contribution in [1.82, 2.24) is 0 Å².